The number of hydrogen-bond donors (Lipinski definition) is 2. The fourth-order valence-corrected chi connectivity index (χ4v) is 1.98. The summed E-state index contributed by atoms with van der Waals surface area (Å²) >= 11 is 0. The van der Waals surface area contributed by atoms with E-state index < -0.39 is 17.6 Å². The summed E-state index contributed by atoms with van der Waals surface area (Å²) in [6, 6.07) is 3.91. The molecule has 0 amide bonds. The number of ketones is 1. The molecular formula is C15H11FN4O3. The van der Waals surface area contributed by atoms with Gasteiger partial charge in [0, 0.05) is 24.9 Å². The Kier molecular flexibility index (Phi) is 3.96. The maximum absolute atomic E-state index is 13.8. The Morgan fingerprint density at radius 2 is 2.17 bits per heavy atom. The number of aromatic amines is 1. The zero-order valence-electron chi connectivity index (χ0n) is 11.7. The largest absolute Gasteiger partial charge is 0.507 e. The lowest BCUT2D eigenvalue weighted by atomic mass is 10.1. The van der Waals surface area contributed by atoms with E-state index in [1.54, 1.807) is 24.5 Å². The zero-order chi connectivity index (χ0) is 16.2. The molecule has 0 bridgehead atoms. The predicted molar refractivity (Wildman–Crippen MR) is 77.0 cm³/mol. The van der Waals surface area contributed by atoms with Gasteiger partial charge in [0.05, 0.1) is 5.56 Å². The third-order valence-electron chi connectivity index (χ3n) is 3.06. The van der Waals surface area contributed by atoms with Gasteiger partial charge in [0.1, 0.15) is 17.8 Å². The molecule has 3 aromatic heterocycles. The standard InChI is InChI=1S/C15H11FN4O3/c16-14-11(12(21)7-13(22)15-18-8-19-20-15)6-10(23-14)5-9-1-3-17-4-2-9/h1-4,6-8,21H,5H2,(H,18,19,20). The Morgan fingerprint density at radius 3 is 2.87 bits per heavy atom. The van der Waals surface area contributed by atoms with Crippen LogP contribution in [0.3, 0.4) is 0 Å². The number of halogens is 1. The van der Waals surface area contributed by atoms with Crippen molar-refractivity contribution in [3.63, 3.8) is 0 Å². The summed E-state index contributed by atoms with van der Waals surface area (Å²) in [6.07, 6.45) is 5.57. The molecule has 3 heterocycles. The van der Waals surface area contributed by atoms with Crippen LogP contribution in [0.2, 0.25) is 0 Å². The lowest BCUT2D eigenvalue weighted by Crippen LogP contribution is -1.99. The SMILES string of the molecule is O=C(C=C(O)c1cc(Cc2ccncc2)oc1F)c1ncn[nH]1. The Labute approximate surface area is 129 Å². The molecule has 0 aliphatic carbocycles. The van der Waals surface area contributed by atoms with Gasteiger partial charge in [0.2, 0.25) is 5.78 Å². The average Bonchev–Trinajstić information content (AvgIpc) is 3.18. The number of rotatable bonds is 5. The van der Waals surface area contributed by atoms with Gasteiger partial charge in [0.25, 0.3) is 6.01 Å². The van der Waals surface area contributed by atoms with E-state index >= 15 is 0 Å². The van der Waals surface area contributed by atoms with E-state index in [1.165, 1.54) is 6.07 Å². The monoisotopic (exact) mass is 314 g/mol. The highest BCUT2D eigenvalue weighted by atomic mass is 19.1. The Hall–Kier alpha value is -3.29. The summed E-state index contributed by atoms with van der Waals surface area (Å²) in [7, 11) is 0. The molecule has 0 saturated heterocycles. The number of allylic oxidation sites excluding steroid dienone is 1. The molecule has 0 saturated carbocycles. The number of aliphatic hydroxyl groups excluding tert-OH is 1. The molecule has 0 spiro atoms. The lowest BCUT2D eigenvalue weighted by Gasteiger charge is -1.95. The Morgan fingerprint density at radius 1 is 1.39 bits per heavy atom. The second kappa shape index (κ2) is 6.22. The third kappa shape index (κ3) is 3.31. The molecule has 116 valence electrons. The van der Waals surface area contributed by atoms with Crippen LogP contribution in [0.5, 0.6) is 0 Å². The van der Waals surface area contributed by atoms with Crippen molar-refractivity contribution >= 4 is 11.5 Å². The summed E-state index contributed by atoms with van der Waals surface area (Å²) < 4.78 is 18.8. The summed E-state index contributed by atoms with van der Waals surface area (Å²) in [6.45, 7) is 0. The van der Waals surface area contributed by atoms with Gasteiger partial charge >= 0.3 is 0 Å². The van der Waals surface area contributed by atoms with E-state index in [1.807, 2.05) is 0 Å². The molecule has 0 aliphatic rings. The highest BCUT2D eigenvalue weighted by Crippen LogP contribution is 2.22. The maximum atomic E-state index is 13.8. The van der Waals surface area contributed by atoms with Gasteiger partial charge in [-0.05, 0) is 23.8 Å². The van der Waals surface area contributed by atoms with Gasteiger partial charge in [-0.15, -0.1) is 0 Å². The quantitative estimate of drug-likeness (QED) is 0.425. The Balaban J connectivity index is 1.81. The lowest BCUT2D eigenvalue weighted by molar-refractivity contribution is 0.103. The fraction of sp³-hybridized carbons (Fsp3) is 0.0667. The topological polar surface area (TPSA) is 105 Å². The molecule has 2 N–H and O–H groups in total. The van der Waals surface area contributed by atoms with E-state index in [0.717, 1.165) is 18.0 Å². The highest BCUT2D eigenvalue weighted by Gasteiger charge is 2.17. The highest BCUT2D eigenvalue weighted by molar-refractivity contribution is 6.05. The number of carbonyl (C=O) groups is 1. The third-order valence-corrected chi connectivity index (χ3v) is 3.06. The number of pyridine rings is 1. The average molecular weight is 314 g/mol. The van der Waals surface area contributed by atoms with Crippen molar-refractivity contribution in [2.75, 3.05) is 0 Å². The van der Waals surface area contributed by atoms with Crippen LogP contribution in [0, 0.1) is 6.01 Å². The van der Waals surface area contributed by atoms with Crippen LogP contribution >= 0.6 is 0 Å². The van der Waals surface area contributed by atoms with Crippen molar-refractivity contribution in [3.05, 3.63) is 71.7 Å². The minimum atomic E-state index is -0.965. The van der Waals surface area contributed by atoms with Crippen molar-refractivity contribution < 1.29 is 18.7 Å². The summed E-state index contributed by atoms with van der Waals surface area (Å²) in [4.78, 5) is 19.3. The molecule has 0 atom stereocenters. The molecule has 3 aromatic rings. The van der Waals surface area contributed by atoms with Crippen LogP contribution in [0.15, 0.2) is 47.4 Å². The van der Waals surface area contributed by atoms with Gasteiger partial charge in [-0.3, -0.25) is 14.9 Å². The first kappa shape index (κ1) is 14.6. The first-order chi connectivity index (χ1) is 11.1. The number of nitrogens with one attached hydrogen (secondary N) is 1. The number of nitrogens with zero attached hydrogens (tertiary/aromatic N) is 3. The van der Waals surface area contributed by atoms with Crippen LogP contribution in [0.4, 0.5) is 4.39 Å². The second-order valence-corrected chi connectivity index (χ2v) is 4.66. The van der Waals surface area contributed by atoms with Crippen molar-refractivity contribution in [1.29, 1.82) is 0 Å². The van der Waals surface area contributed by atoms with E-state index in [0.29, 0.717) is 12.2 Å². The van der Waals surface area contributed by atoms with Crippen LogP contribution in [0.25, 0.3) is 5.76 Å². The summed E-state index contributed by atoms with van der Waals surface area (Å²) in [5.41, 5.74) is 0.684. The molecule has 0 radical (unpaired) electrons. The molecule has 23 heavy (non-hydrogen) atoms. The molecule has 0 aromatic carbocycles. The smallest absolute Gasteiger partial charge is 0.289 e. The maximum Gasteiger partial charge on any atom is 0.289 e. The van der Waals surface area contributed by atoms with E-state index in [9.17, 15) is 14.3 Å². The first-order valence-electron chi connectivity index (χ1n) is 6.61. The molecule has 0 fully saturated rings. The van der Waals surface area contributed by atoms with Gasteiger partial charge in [-0.2, -0.15) is 9.49 Å². The van der Waals surface area contributed by atoms with Gasteiger partial charge in [-0.25, -0.2) is 4.98 Å². The van der Waals surface area contributed by atoms with Crippen LogP contribution in [0.1, 0.15) is 27.5 Å². The number of hydrogen-bond acceptors (Lipinski definition) is 6. The Bertz CT molecular complexity index is 841. The molecular weight excluding hydrogens is 303 g/mol. The summed E-state index contributed by atoms with van der Waals surface area (Å²) in [5.74, 6) is -0.918. The van der Waals surface area contributed by atoms with Gasteiger partial charge < -0.3 is 9.52 Å². The minimum absolute atomic E-state index is 0.0579. The van der Waals surface area contributed by atoms with E-state index in [4.69, 9.17) is 4.42 Å². The van der Waals surface area contributed by atoms with Crippen molar-refractivity contribution in [1.82, 2.24) is 20.2 Å². The minimum Gasteiger partial charge on any atom is -0.507 e. The number of carbonyl (C=O) groups excluding carboxylic acids is 1. The van der Waals surface area contributed by atoms with E-state index in [2.05, 4.69) is 20.2 Å². The number of furan rings is 1. The number of H-pyrrole nitrogens is 1. The van der Waals surface area contributed by atoms with Crippen LogP contribution in [-0.4, -0.2) is 31.1 Å². The van der Waals surface area contributed by atoms with Crippen LogP contribution < -0.4 is 0 Å². The predicted octanol–water partition coefficient (Wildman–Crippen LogP) is 2.30. The normalized spacial score (nSPS) is 11.6. The fourth-order valence-electron chi connectivity index (χ4n) is 1.98. The molecule has 3 rings (SSSR count). The molecule has 0 aliphatic heterocycles. The number of aromatic nitrogens is 4. The molecule has 0 unspecified atom stereocenters. The van der Waals surface area contributed by atoms with E-state index in [-0.39, 0.29) is 11.4 Å². The van der Waals surface area contributed by atoms with Crippen molar-refractivity contribution in [3.8, 4) is 0 Å². The number of aliphatic hydroxyl groups is 1. The second-order valence-electron chi connectivity index (χ2n) is 4.66. The molecule has 8 heteroatoms. The van der Waals surface area contributed by atoms with Gasteiger partial charge in [-0.1, -0.05) is 0 Å². The zero-order valence-corrected chi connectivity index (χ0v) is 11.7. The first-order valence-corrected chi connectivity index (χ1v) is 6.61. The van der Waals surface area contributed by atoms with Crippen molar-refractivity contribution in [2.24, 2.45) is 0 Å². The van der Waals surface area contributed by atoms with Crippen molar-refractivity contribution in [2.45, 2.75) is 6.42 Å². The van der Waals surface area contributed by atoms with Crippen LogP contribution in [-0.2, 0) is 6.42 Å². The van der Waals surface area contributed by atoms with Gasteiger partial charge in [0.15, 0.2) is 5.82 Å². The molecule has 7 nitrogen and oxygen atoms in total. The summed E-state index contributed by atoms with van der Waals surface area (Å²) in [5, 5.41) is 15.8.